The van der Waals surface area contributed by atoms with Crippen LogP contribution in [0.5, 0.6) is 0 Å². The van der Waals surface area contributed by atoms with Crippen LogP contribution in [0.2, 0.25) is 0 Å². The van der Waals surface area contributed by atoms with Crippen LogP contribution >= 0.6 is 11.8 Å². The molecular formula is C30H31N2O2S+. The quantitative estimate of drug-likeness (QED) is 0.335. The fourth-order valence-corrected chi connectivity index (χ4v) is 7.42. The highest BCUT2D eigenvalue weighted by Gasteiger charge is 2.47. The van der Waals surface area contributed by atoms with Gasteiger partial charge in [0.1, 0.15) is 6.54 Å². The summed E-state index contributed by atoms with van der Waals surface area (Å²) < 4.78 is 7.42. The summed E-state index contributed by atoms with van der Waals surface area (Å²) in [5, 5.41) is 12.6. The molecule has 3 aliphatic heterocycles. The monoisotopic (exact) mass is 483 g/mol. The molecule has 3 aliphatic rings. The average Bonchev–Trinajstić information content (AvgIpc) is 3.39. The Hall–Kier alpha value is -2.86. The van der Waals surface area contributed by atoms with E-state index in [1.54, 1.807) is 0 Å². The molecule has 3 aromatic carbocycles. The van der Waals surface area contributed by atoms with E-state index >= 15 is 0 Å². The Morgan fingerprint density at radius 2 is 1.43 bits per heavy atom. The van der Waals surface area contributed by atoms with Crippen LogP contribution in [0.1, 0.15) is 35.6 Å². The van der Waals surface area contributed by atoms with Crippen LogP contribution in [-0.2, 0) is 12.1 Å². The third-order valence-corrected chi connectivity index (χ3v) is 9.19. The van der Waals surface area contributed by atoms with Crippen molar-refractivity contribution >= 4 is 11.8 Å². The van der Waals surface area contributed by atoms with Gasteiger partial charge in [-0.2, -0.15) is 0 Å². The molecule has 4 nitrogen and oxygen atoms in total. The summed E-state index contributed by atoms with van der Waals surface area (Å²) in [4.78, 5) is 6.00. The first-order valence-corrected chi connectivity index (χ1v) is 13.4. The number of benzene rings is 3. The van der Waals surface area contributed by atoms with E-state index in [-0.39, 0.29) is 0 Å². The first-order valence-electron chi connectivity index (χ1n) is 12.5. The molecule has 0 saturated carbocycles. The van der Waals surface area contributed by atoms with Crippen molar-refractivity contribution in [3.05, 3.63) is 120 Å². The molecule has 5 heteroatoms. The van der Waals surface area contributed by atoms with E-state index in [1.165, 1.54) is 30.8 Å². The number of hydrogen-bond donors (Lipinski definition) is 1. The zero-order valence-corrected chi connectivity index (χ0v) is 20.6. The maximum absolute atomic E-state index is 12.0. The molecule has 4 heterocycles. The van der Waals surface area contributed by atoms with Crippen LogP contribution in [0.4, 0.5) is 0 Å². The lowest BCUT2D eigenvalue weighted by atomic mass is 9.85. The van der Waals surface area contributed by atoms with Gasteiger partial charge in [0, 0.05) is 17.7 Å². The van der Waals surface area contributed by atoms with Crippen molar-refractivity contribution in [2.45, 2.75) is 35.1 Å². The van der Waals surface area contributed by atoms with Crippen molar-refractivity contribution in [1.82, 2.24) is 4.98 Å². The number of nitrogens with zero attached hydrogens (tertiary/aromatic N) is 2. The third-order valence-electron chi connectivity index (χ3n) is 7.81. The molecule has 4 aromatic rings. The molecule has 178 valence electrons. The molecule has 0 amide bonds. The Morgan fingerprint density at radius 1 is 0.857 bits per heavy atom. The Bertz CT molecular complexity index is 1210. The molecule has 1 aromatic heterocycles. The van der Waals surface area contributed by atoms with Crippen molar-refractivity contribution in [3.63, 3.8) is 0 Å². The van der Waals surface area contributed by atoms with Gasteiger partial charge in [0.15, 0.2) is 11.4 Å². The van der Waals surface area contributed by atoms with Crippen molar-refractivity contribution in [3.8, 4) is 0 Å². The molecule has 0 unspecified atom stereocenters. The molecule has 1 N–H and O–H groups in total. The highest BCUT2D eigenvalue weighted by atomic mass is 32.2. The topological polar surface area (TPSA) is 46.3 Å². The number of oxazole rings is 1. The maximum atomic E-state index is 12.0. The predicted molar refractivity (Wildman–Crippen MR) is 139 cm³/mol. The summed E-state index contributed by atoms with van der Waals surface area (Å²) in [5.41, 5.74) is 0.0796. The summed E-state index contributed by atoms with van der Waals surface area (Å²) in [6.07, 6.45) is 4.37. The lowest BCUT2D eigenvalue weighted by molar-refractivity contribution is -0.954. The van der Waals surface area contributed by atoms with Gasteiger partial charge in [0.25, 0.3) is 0 Å². The van der Waals surface area contributed by atoms with Crippen LogP contribution in [0.3, 0.4) is 0 Å². The summed E-state index contributed by atoms with van der Waals surface area (Å²) >= 11 is 2.04. The number of aliphatic hydroxyl groups is 1. The molecule has 3 fully saturated rings. The zero-order chi connectivity index (χ0) is 23.7. The fourth-order valence-electron chi connectivity index (χ4n) is 5.90. The minimum atomic E-state index is -1.43. The van der Waals surface area contributed by atoms with Crippen LogP contribution in [-0.4, -0.2) is 39.5 Å². The SMILES string of the molecule is OC(c1ccccc1)(c1ccccc1)c1ncc(C[N+]23CCC(CC2)[C@@H](Sc2ccccc2)C3)o1. The number of hydrogen-bond acceptors (Lipinski definition) is 4. The molecule has 0 spiro atoms. The first kappa shape index (κ1) is 22.6. The fraction of sp³-hybridized carbons (Fsp3) is 0.300. The Balaban J connectivity index is 1.27. The number of fused-ring (bicyclic) bond motifs is 3. The van der Waals surface area contributed by atoms with E-state index in [9.17, 15) is 5.11 Å². The number of aromatic nitrogens is 1. The van der Waals surface area contributed by atoms with E-state index in [4.69, 9.17) is 4.42 Å². The predicted octanol–water partition coefficient (Wildman–Crippen LogP) is 5.86. The number of quaternary nitrogens is 1. The van der Waals surface area contributed by atoms with Crippen LogP contribution < -0.4 is 0 Å². The Labute approximate surface area is 211 Å². The summed E-state index contributed by atoms with van der Waals surface area (Å²) in [6, 6.07) is 30.2. The van der Waals surface area contributed by atoms with Crippen molar-refractivity contribution < 1.29 is 14.0 Å². The van der Waals surface area contributed by atoms with Gasteiger partial charge in [-0.25, -0.2) is 4.98 Å². The minimum Gasteiger partial charge on any atom is -0.436 e. The summed E-state index contributed by atoms with van der Waals surface area (Å²) in [6.45, 7) is 4.36. The van der Waals surface area contributed by atoms with E-state index in [1.807, 2.05) is 78.6 Å². The van der Waals surface area contributed by atoms with Gasteiger partial charge < -0.3 is 14.0 Å². The third kappa shape index (κ3) is 4.33. The van der Waals surface area contributed by atoms with Gasteiger partial charge >= 0.3 is 0 Å². The molecule has 0 radical (unpaired) electrons. The van der Waals surface area contributed by atoms with E-state index < -0.39 is 5.60 Å². The highest BCUT2D eigenvalue weighted by molar-refractivity contribution is 8.00. The lowest BCUT2D eigenvalue weighted by Gasteiger charge is -2.52. The zero-order valence-electron chi connectivity index (χ0n) is 19.8. The van der Waals surface area contributed by atoms with Gasteiger partial charge in [-0.05, 0) is 29.2 Å². The van der Waals surface area contributed by atoms with Crippen LogP contribution in [0.25, 0.3) is 0 Å². The summed E-state index contributed by atoms with van der Waals surface area (Å²) in [5.74, 6) is 1.99. The normalized spacial score (nSPS) is 23.9. The largest absolute Gasteiger partial charge is 0.436 e. The average molecular weight is 484 g/mol. The van der Waals surface area contributed by atoms with Gasteiger partial charge in [0.05, 0.1) is 31.1 Å². The Morgan fingerprint density at radius 3 is 2.03 bits per heavy atom. The molecule has 1 atom stereocenters. The first-order chi connectivity index (χ1) is 17.1. The standard InChI is InChI=1S/C30H31N2O2S/c33-30(24-10-4-1-5-11-24,25-12-6-2-7-13-25)29-31-20-26(34-29)21-32-18-16-23(17-19-32)28(22-32)35-27-14-8-3-9-15-27/h1-15,20,23,28,33H,16-19,21-22H2/q+1/t23?,28-,32?/m0/s1. The van der Waals surface area contributed by atoms with Crippen molar-refractivity contribution in [1.29, 1.82) is 0 Å². The molecule has 3 saturated heterocycles. The molecule has 35 heavy (non-hydrogen) atoms. The molecule has 2 bridgehead atoms. The minimum absolute atomic E-state index is 0.338. The van der Waals surface area contributed by atoms with Gasteiger partial charge in [-0.3, -0.25) is 0 Å². The van der Waals surface area contributed by atoms with E-state index in [2.05, 4.69) is 35.3 Å². The van der Waals surface area contributed by atoms with E-state index in [0.29, 0.717) is 11.1 Å². The molecule has 0 aliphatic carbocycles. The van der Waals surface area contributed by atoms with Crippen LogP contribution in [0.15, 0.2) is 107 Å². The second-order valence-corrected chi connectivity index (χ2v) is 11.3. The van der Waals surface area contributed by atoms with Crippen LogP contribution in [0, 0.1) is 5.92 Å². The van der Waals surface area contributed by atoms with Gasteiger partial charge in [-0.15, -0.1) is 11.8 Å². The molecule has 7 rings (SSSR count). The smallest absolute Gasteiger partial charge is 0.236 e. The Kier molecular flexibility index (Phi) is 6.01. The van der Waals surface area contributed by atoms with Gasteiger partial charge in [0.2, 0.25) is 5.89 Å². The van der Waals surface area contributed by atoms with Crippen molar-refractivity contribution in [2.75, 3.05) is 19.6 Å². The highest BCUT2D eigenvalue weighted by Crippen LogP contribution is 2.43. The molecular weight excluding hydrogens is 452 g/mol. The number of piperidine rings is 3. The van der Waals surface area contributed by atoms with E-state index in [0.717, 1.165) is 40.4 Å². The second-order valence-electron chi connectivity index (χ2n) is 10.0. The lowest BCUT2D eigenvalue weighted by Crippen LogP contribution is -2.62. The number of thioether (sulfide) groups is 1. The maximum Gasteiger partial charge on any atom is 0.236 e. The number of rotatable bonds is 7. The van der Waals surface area contributed by atoms with Gasteiger partial charge in [-0.1, -0.05) is 78.9 Å². The van der Waals surface area contributed by atoms with Crippen molar-refractivity contribution in [2.24, 2.45) is 5.92 Å². The summed E-state index contributed by atoms with van der Waals surface area (Å²) in [7, 11) is 0. The second kappa shape index (κ2) is 9.30.